The first-order chi connectivity index (χ1) is 14.9. The van der Waals surface area contributed by atoms with Gasteiger partial charge >= 0.3 is 0 Å². The highest BCUT2D eigenvalue weighted by atomic mass is 32.2. The molecule has 4 nitrogen and oxygen atoms in total. The lowest BCUT2D eigenvalue weighted by atomic mass is 9.97. The van der Waals surface area contributed by atoms with Crippen LogP contribution in [0.15, 0.2) is 65.8 Å². The number of rotatable bonds is 6. The summed E-state index contributed by atoms with van der Waals surface area (Å²) < 4.78 is 7.41. The van der Waals surface area contributed by atoms with Gasteiger partial charge in [0.1, 0.15) is 5.75 Å². The number of ether oxygens (including phenoxy) is 1. The van der Waals surface area contributed by atoms with Gasteiger partial charge in [-0.1, -0.05) is 30.0 Å². The van der Waals surface area contributed by atoms with E-state index in [0.29, 0.717) is 0 Å². The van der Waals surface area contributed by atoms with Gasteiger partial charge in [0, 0.05) is 11.3 Å². The smallest absolute Gasteiger partial charge is 0.176 e. The van der Waals surface area contributed by atoms with E-state index in [1.807, 2.05) is 69.3 Å². The number of fused-ring (bicyclic) bond motifs is 1. The molecule has 0 spiro atoms. The molecule has 0 N–H and O–H groups in total. The Morgan fingerprint density at radius 1 is 0.968 bits per heavy atom. The van der Waals surface area contributed by atoms with Crippen molar-refractivity contribution in [3.05, 3.63) is 82.9 Å². The summed E-state index contributed by atoms with van der Waals surface area (Å²) in [5, 5.41) is 0.531. The number of thioether (sulfide) groups is 1. The third kappa shape index (κ3) is 4.10. The van der Waals surface area contributed by atoms with Gasteiger partial charge in [-0.2, -0.15) is 0 Å². The molecule has 0 saturated carbocycles. The fourth-order valence-corrected chi connectivity index (χ4v) is 4.73. The molecule has 1 heterocycles. The summed E-state index contributed by atoms with van der Waals surface area (Å²) in [4.78, 5) is 18.1. The maximum absolute atomic E-state index is 13.3. The van der Waals surface area contributed by atoms with Gasteiger partial charge in [-0.3, -0.25) is 9.36 Å². The minimum atomic E-state index is -0.269. The van der Waals surface area contributed by atoms with Gasteiger partial charge in [0.05, 0.1) is 23.4 Å². The van der Waals surface area contributed by atoms with Crippen molar-refractivity contribution in [2.45, 2.75) is 38.1 Å². The Bertz CT molecular complexity index is 1260. The van der Waals surface area contributed by atoms with E-state index in [2.05, 4.69) is 23.6 Å². The number of aryl methyl sites for hydroxylation is 3. The van der Waals surface area contributed by atoms with Crippen LogP contribution in [0.25, 0.3) is 16.7 Å². The molecule has 0 aliphatic heterocycles. The number of methoxy groups -OCH3 is 1. The second-order valence-corrected chi connectivity index (χ2v) is 9.10. The van der Waals surface area contributed by atoms with Crippen LogP contribution in [-0.2, 0) is 0 Å². The van der Waals surface area contributed by atoms with Crippen molar-refractivity contribution in [2.75, 3.05) is 7.11 Å². The molecule has 0 saturated heterocycles. The van der Waals surface area contributed by atoms with Crippen LogP contribution in [0.4, 0.5) is 0 Å². The number of hydrogen-bond acceptors (Lipinski definition) is 4. The standard InChI is InChI=1S/C26H26N2O2S/c1-16-14-18(3)22(15-17(16)2)25(29)19(4)31-26-27-23-8-6-7-9-24(23)28(26)20-10-12-21(30-5)13-11-20/h6-15,19H,1-5H3. The summed E-state index contributed by atoms with van der Waals surface area (Å²) in [5.41, 5.74) is 7.05. The number of Topliss-reactive ketones (excluding diaryl/α,β-unsaturated/α-hetero) is 1. The second kappa shape index (κ2) is 8.60. The van der Waals surface area contributed by atoms with E-state index in [1.54, 1.807) is 7.11 Å². The van der Waals surface area contributed by atoms with Crippen molar-refractivity contribution in [2.24, 2.45) is 0 Å². The number of benzene rings is 3. The minimum Gasteiger partial charge on any atom is -0.497 e. The van der Waals surface area contributed by atoms with E-state index in [4.69, 9.17) is 9.72 Å². The lowest BCUT2D eigenvalue weighted by Crippen LogP contribution is -2.16. The maximum atomic E-state index is 13.3. The molecule has 1 unspecified atom stereocenters. The molecule has 5 heteroatoms. The summed E-state index contributed by atoms with van der Waals surface area (Å²) in [6.45, 7) is 8.08. The normalized spacial score (nSPS) is 12.2. The quantitative estimate of drug-likeness (QED) is 0.265. The van der Waals surface area contributed by atoms with Gasteiger partial charge in [0.15, 0.2) is 10.9 Å². The van der Waals surface area contributed by atoms with Crippen LogP contribution in [0.5, 0.6) is 5.75 Å². The molecule has 0 aliphatic carbocycles. The highest BCUT2D eigenvalue weighted by Gasteiger charge is 2.23. The molecule has 1 atom stereocenters. The number of para-hydroxylation sites is 2. The monoisotopic (exact) mass is 430 g/mol. The summed E-state index contributed by atoms with van der Waals surface area (Å²) in [5.74, 6) is 0.926. The van der Waals surface area contributed by atoms with Crippen molar-refractivity contribution < 1.29 is 9.53 Å². The molecule has 3 aromatic carbocycles. The van der Waals surface area contributed by atoms with Gasteiger partial charge in [-0.25, -0.2) is 4.98 Å². The van der Waals surface area contributed by atoms with Crippen molar-refractivity contribution in [1.82, 2.24) is 9.55 Å². The maximum Gasteiger partial charge on any atom is 0.176 e. The SMILES string of the molecule is COc1ccc(-n2c(SC(C)C(=O)c3cc(C)c(C)cc3C)nc3ccccc32)cc1. The van der Waals surface area contributed by atoms with Crippen molar-refractivity contribution in [3.8, 4) is 11.4 Å². The molecule has 4 rings (SSSR count). The highest BCUT2D eigenvalue weighted by molar-refractivity contribution is 8.00. The van der Waals surface area contributed by atoms with Gasteiger partial charge in [0.2, 0.25) is 0 Å². The van der Waals surface area contributed by atoms with E-state index in [1.165, 1.54) is 17.3 Å². The Morgan fingerprint density at radius 2 is 1.65 bits per heavy atom. The molecule has 0 bridgehead atoms. The Hall–Kier alpha value is -3.05. The fourth-order valence-electron chi connectivity index (χ4n) is 3.72. The van der Waals surface area contributed by atoms with E-state index in [-0.39, 0.29) is 11.0 Å². The third-order valence-corrected chi connectivity index (χ3v) is 6.67. The molecule has 31 heavy (non-hydrogen) atoms. The molecular weight excluding hydrogens is 404 g/mol. The molecule has 4 aromatic rings. The largest absolute Gasteiger partial charge is 0.497 e. The molecular formula is C26H26N2O2S. The second-order valence-electron chi connectivity index (χ2n) is 7.79. The van der Waals surface area contributed by atoms with E-state index >= 15 is 0 Å². The zero-order valence-corrected chi connectivity index (χ0v) is 19.3. The topological polar surface area (TPSA) is 44.1 Å². The molecule has 0 amide bonds. The van der Waals surface area contributed by atoms with Gasteiger partial charge in [-0.05, 0) is 86.8 Å². The number of carbonyl (C=O) groups is 1. The van der Waals surface area contributed by atoms with E-state index < -0.39 is 0 Å². The van der Waals surface area contributed by atoms with Crippen molar-refractivity contribution in [1.29, 1.82) is 0 Å². The van der Waals surface area contributed by atoms with Crippen LogP contribution >= 0.6 is 11.8 Å². The number of carbonyl (C=O) groups excluding carboxylic acids is 1. The van der Waals surface area contributed by atoms with Crippen LogP contribution in [0.3, 0.4) is 0 Å². The Kier molecular flexibility index (Phi) is 5.88. The van der Waals surface area contributed by atoms with Crippen LogP contribution < -0.4 is 4.74 Å². The summed E-state index contributed by atoms with van der Waals surface area (Å²) >= 11 is 1.49. The van der Waals surface area contributed by atoms with Gasteiger partial charge < -0.3 is 4.74 Å². The van der Waals surface area contributed by atoms with Crippen LogP contribution in [0, 0.1) is 20.8 Å². The number of nitrogens with zero attached hydrogens (tertiary/aromatic N) is 2. The summed E-state index contributed by atoms with van der Waals surface area (Å²) in [7, 11) is 1.66. The molecule has 0 radical (unpaired) electrons. The van der Waals surface area contributed by atoms with Gasteiger partial charge in [-0.15, -0.1) is 0 Å². The van der Waals surface area contributed by atoms with Gasteiger partial charge in [0.25, 0.3) is 0 Å². The van der Waals surface area contributed by atoms with Crippen molar-refractivity contribution >= 4 is 28.6 Å². The minimum absolute atomic E-state index is 0.124. The number of hydrogen-bond donors (Lipinski definition) is 0. The molecule has 0 fully saturated rings. The molecule has 158 valence electrons. The summed E-state index contributed by atoms with van der Waals surface area (Å²) in [6, 6.07) is 20.0. The number of aromatic nitrogens is 2. The Balaban J connectivity index is 1.72. The first kappa shape index (κ1) is 21.2. The first-order valence-electron chi connectivity index (χ1n) is 10.3. The number of imidazole rings is 1. The lowest BCUT2D eigenvalue weighted by molar-refractivity contribution is 0.0993. The zero-order valence-electron chi connectivity index (χ0n) is 18.5. The molecule has 0 aliphatic rings. The average Bonchev–Trinajstić information content (AvgIpc) is 3.13. The Morgan fingerprint density at radius 3 is 2.35 bits per heavy atom. The summed E-state index contributed by atoms with van der Waals surface area (Å²) in [6.07, 6.45) is 0. The zero-order chi connectivity index (χ0) is 22.1. The fraction of sp³-hybridized carbons (Fsp3) is 0.231. The van der Waals surface area contributed by atoms with Crippen molar-refractivity contribution in [3.63, 3.8) is 0 Å². The highest BCUT2D eigenvalue weighted by Crippen LogP contribution is 2.32. The molecule has 1 aromatic heterocycles. The predicted molar refractivity (Wildman–Crippen MR) is 128 cm³/mol. The lowest BCUT2D eigenvalue weighted by Gasteiger charge is -2.15. The predicted octanol–water partition coefficient (Wildman–Crippen LogP) is 6.32. The van der Waals surface area contributed by atoms with E-state index in [9.17, 15) is 4.79 Å². The average molecular weight is 431 g/mol. The van der Waals surface area contributed by atoms with Crippen LogP contribution in [0.1, 0.15) is 34.0 Å². The van der Waals surface area contributed by atoms with Crippen LogP contribution in [0.2, 0.25) is 0 Å². The number of ketones is 1. The third-order valence-electron chi connectivity index (χ3n) is 5.62. The first-order valence-corrected chi connectivity index (χ1v) is 11.2. The van der Waals surface area contributed by atoms with Crippen LogP contribution in [-0.4, -0.2) is 27.7 Å². The van der Waals surface area contributed by atoms with E-state index in [0.717, 1.165) is 44.3 Å². The Labute approximate surface area is 187 Å².